The van der Waals surface area contributed by atoms with Gasteiger partial charge in [0.15, 0.2) is 4.98 Å². The maximum atomic E-state index is 8.68. The zero-order chi connectivity index (χ0) is 7.98. The zero-order valence-electron chi connectivity index (χ0n) is 6.11. The van der Waals surface area contributed by atoms with Gasteiger partial charge in [0.2, 0.25) is 5.39 Å². The molecule has 0 amide bonds. The number of rotatable bonds is 3. The van der Waals surface area contributed by atoms with Crippen molar-refractivity contribution in [3.63, 3.8) is 0 Å². The maximum Gasteiger partial charge on any atom is 0.429 e. The molecule has 0 unspecified atom stereocenters. The Balaban J connectivity index is 3.51. The van der Waals surface area contributed by atoms with E-state index in [1.165, 1.54) is 0 Å². The molecule has 56 valence electrons. The van der Waals surface area contributed by atoms with Crippen LogP contribution in [0.2, 0.25) is 0 Å². The lowest BCUT2D eigenvalue weighted by molar-refractivity contribution is 0.0766. The predicted octanol–water partition coefficient (Wildman–Crippen LogP) is 1.87. The summed E-state index contributed by atoms with van der Waals surface area (Å²) in [6.07, 6.45) is 0.836. The quantitative estimate of drug-likeness (QED) is 0.484. The molecule has 0 saturated heterocycles. The lowest BCUT2D eigenvalue weighted by Crippen LogP contribution is -2.00. The standard InChI is InChI=1S/C6H10N2O2/c1-5(2)4-10-6(9)3-8-7/h3,5H,4H2,1-2H3/p+1/b6-3+. The summed E-state index contributed by atoms with van der Waals surface area (Å²) in [6.45, 7) is 4.31. The van der Waals surface area contributed by atoms with Crippen molar-refractivity contribution in [3.05, 3.63) is 17.1 Å². The van der Waals surface area contributed by atoms with Crippen LogP contribution in [-0.4, -0.2) is 11.7 Å². The van der Waals surface area contributed by atoms with Crippen molar-refractivity contribution >= 4 is 0 Å². The summed E-state index contributed by atoms with van der Waals surface area (Å²) < 4.78 is 4.71. The molecule has 4 nitrogen and oxygen atoms in total. The first-order valence-electron chi connectivity index (χ1n) is 3.03. The monoisotopic (exact) mass is 143 g/mol. The van der Waals surface area contributed by atoms with Crippen molar-refractivity contribution in [2.75, 3.05) is 6.61 Å². The molecule has 0 heterocycles. The van der Waals surface area contributed by atoms with Gasteiger partial charge in [-0.15, -0.1) is 0 Å². The number of aliphatic hydroxyl groups is 1. The van der Waals surface area contributed by atoms with Gasteiger partial charge in [0.25, 0.3) is 0 Å². The summed E-state index contributed by atoms with van der Waals surface area (Å²) in [6, 6.07) is 0. The Kier molecular flexibility index (Phi) is 4.05. The van der Waals surface area contributed by atoms with Gasteiger partial charge >= 0.3 is 12.1 Å². The molecule has 0 fully saturated rings. The summed E-state index contributed by atoms with van der Waals surface area (Å²) in [5, 5.41) is 16.6. The molecule has 0 aliphatic rings. The molecule has 0 aromatic heterocycles. The van der Waals surface area contributed by atoms with Gasteiger partial charge in [0.1, 0.15) is 0 Å². The largest absolute Gasteiger partial charge is 0.476 e. The van der Waals surface area contributed by atoms with Crippen molar-refractivity contribution < 1.29 is 9.84 Å². The van der Waals surface area contributed by atoms with Gasteiger partial charge in [-0.1, -0.05) is 13.8 Å². The smallest absolute Gasteiger partial charge is 0.429 e. The van der Waals surface area contributed by atoms with Crippen LogP contribution in [0.4, 0.5) is 0 Å². The summed E-state index contributed by atoms with van der Waals surface area (Å²) >= 11 is 0. The van der Waals surface area contributed by atoms with Gasteiger partial charge in [0.05, 0.1) is 6.61 Å². The minimum Gasteiger partial charge on any atom is -0.476 e. The van der Waals surface area contributed by atoms with E-state index in [4.69, 9.17) is 15.2 Å². The molecule has 10 heavy (non-hydrogen) atoms. The van der Waals surface area contributed by atoms with Crippen LogP contribution in [-0.2, 0) is 4.74 Å². The van der Waals surface area contributed by atoms with Crippen LogP contribution in [0, 0.1) is 11.3 Å². The van der Waals surface area contributed by atoms with E-state index in [0.29, 0.717) is 12.5 Å². The van der Waals surface area contributed by atoms with E-state index in [9.17, 15) is 0 Å². The highest BCUT2D eigenvalue weighted by atomic mass is 16.6. The van der Waals surface area contributed by atoms with Crippen LogP contribution in [0.5, 0.6) is 0 Å². The summed E-state index contributed by atoms with van der Waals surface area (Å²) in [4.78, 5) is 2.58. The minimum atomic E-state index is -0.365. The Bertz CT molecular complexity index is 158. The number of ether oxygens (including phenoxy) is 1. The van der Waals surface area contributed by atoms with Crippen LogP contribution in [0.15, 0.2) is 12.1 Å². The lowest BCUT2D eigenvalue weighted by Gasteiger charge is -2.02. The van der Waals surface area contributed by atoms with Gasteiger partial charge in [-0.2, -0.15) is 0 Å². The highest BCUT2D eigenvalue weighted by Gasteiger charge is 2.01. The zero-order valence-corrected chi connectivity index (χ0v) is 6.11. The Morgan fingerprint density at radius 2 is 2.40 bits per heavy atom. The van der Waals surface area contributed by atoms with Crippen LogP contribution >= 0.6 is 0 Å². The molecule has 0 spiro atoms. The molecular formula is C6H11N2O2+. The van der Waals surface area contributed by atoms with Crippen LogP contribution in [0.1, 0.15) is 13.8 Å². The fourth-order valence-corrected chi connectivity index (χ4v) is 0.339. The van der Waals surface area contributed by atoms with E-state index < -0.39 is 0 Å². The average molecular weight is 143 g/mol. The Labute approximate surface area is 59.7 Å². The van der Waals surface area contributed by atoms with E-state index >= 15 is 0 Å². The van der Waals surface area contributed by atoms with Crippen molar-refractivity contribution in [2.24, 2.45) is 5.92 Å². The van der Waals surface area contributed by atoms with Crippen LogP contribution in [0.25, 0.3) is 4.98 Å². The molecular weight excluding hydrogens is 132 g/mol. The number of diazo groups is 1. The lowest BCUT2D eigenvalue weighted by atomic mass is 10.2. The number of nitrogens with zero attached hydrogens (tertiary/aromatic N) is 2. The third-order valence-electron chi connectivity index (χ3n) is 0.733. The van der Waals surface area contributed by atoms with E-state index in [1.54, 1.807) is 0 Å². The minimum absolute atomic E-state index is 0.342. The SMILES string of the molecule is CC(C)CO/C(O)=C/[N+]#N. The average Bonchev–Trinajstić information content (AvgIpc) is 1.85. The number of hydrogen-bond donors (Lipinski definition) is 1. The Morgan fingerprint density at radius 1 is 1.80 bits per heavy atom. The van der Waals surface area contributed by atoms with Gasteiger partial charge in [0, 0.05) is 0 Å². The second kappa shape index (κ2) is 4.62. The van der Waals surface area contributed by atoms with Gasteiger partial charge in [-0.25, -0.2) is 0 Å². The molecule has 0 aliphatic carbocycles. The number of hydrogen-bond acceptors (Lipinski definition) is 3. The van der Waals surface area contributed by atoms with E-state index in [-0.39, 0.29) is 5.95 Å². The topological polar surface area (TPSA) is 57.6 Å². The van der Waals surface area contributed by atoms with Crippen molar-refractivity contribution in [1.82, 2.24) is 0 Å². The molecule has 0 rings (SSSR count). The summed E-state index contributed by atoms with van der Waals surface area (Å²) in [5.74, 6) is -0.0227. The van der Waals surface area contributed by atoms with Crippen molar-refractivity contribution in [1.29, 1.82) is 5.39 Å². The van der Waals surface area contributed by atoms with Crippen LogP contribution < -0.4 is 0 Å². The Morgan fingerprint density at radius 3 is 2.80 bits per heavy atom. The first-order chi connectivity index (χ1) is 4.66. The fourth-order valence-electron chi connectivity index (χ4n) is 0.339. The molecule has 0 aromatic carbocycles. The van der Waals surface area contributed by atoms with Gasteiger partial charge in [-0.05, 0) is 5.92 Å². The van der Waals surface area contributed by atoms with E-state index in [1.807, 2.05) is 13.8 Å². The van der Waals surface area contributed by atoms with Gasteiger partial charge in [-0.3, -0.25) is 0 Å². The molecule has 4 heteroatoms. The van der Waals surface area contributed by atoms with Crippen molar-refractivity contribution in [3.8, 4) is 0 Å². The predicted molar refractivity (Wildman–Crippen MR) is 36.6 cm³/mol. The molecule has 0 bridgehead atoms. The van der Waals surface area contributed by atoms with Crippen molar-refractivity contribution in [2.45, 2.75) is 13.8 Å². The highest BCUT2D eigenvalue weighted by Crippen LogP contribution is 1.98. The molecule has 0 aliphatic heterocycles. The fraction of sp³-hybridized carbons (Fsp3) is 0.667. The molecule has 0 radical (unpaired) electrons. The molecule has 1 N–H and O–H groups in total. The molecule has 0 atom stereocenters. The molecule has 0 saturated carbocycles. The first kappa shape index (κ1) is 8.76. The Hall–Kier alpha value is -1.24. The summed E-state index contributed by atoms with van der Waals surface area (Å²) in [5.41, 5.74) is 0. The number of aliphatic hydroxyl groups excluding tert-OH is 1. The second-order valence-corrected chi connectivity index (χ2v) is 2.29. The summed E-state index contributed by atoms with van der Waals surface area (Å²) in [7, 11) is 0. The third kappa shape index (κ3) is 4.91. The normalized spacial score (nSPS) is 11.2. The van der Waals surface area contributed by atoms with E-state index in [2.05, 4.69) is 4.98 Å². The first-order valence-corrected chi connectivity index (χ1v) is 3.03. The second-order valence-electron chi connectivity index (χ2n) is 2.29. The van der Waals surface area contributed by atoms with Gasteiger partial charge < -0.3 is 9.84 Å². The third-order valence-corrected chi connectivity index (χ3v) is 0.733. The maximum absolute atomic E-state index is 8.68. The van der Waals surface area contributed by atoms with Crippen LogP contribution in [0.3, 0.4) is 0 Å². The van der Waals surface area contributed by atoms with E-state index in [0.717, 1.165) is 6.20 Å². The molecule has 0 aromatic rings. The highest BCUT2D eigenvalue weighted by molar-refractivity contribution is 4.87.